The first-order valence-electron chi connectivity index (χ1n) is 7.92. The van der Waals surface area contributed by atoms with Crippen LogP contribution in [-0.4, -0.2) is 47.5 Å². The molecule has 1 aromatic carbocycles. The van der Waals surface area contributed by atoms with E-state index in [2.05, 4.69) is 0 Å². The van der Waals surface area contributed by atoms with Crippen molar-refractivity contribution in [2.24, 2.45) is 0 Å². The fourth-order valence-electron chi connectivity index (χ4n) is 2.92. The second-order valence-corrected chi connectivity index (χ2v) is 6.75. The van der Waals surface area contributed by atoms with Crippen LogP contribution in [0.2, 0.25) is 0 Å². The van der Waals surface area contributed by atoms with Gasteiger partial charge in [0.2, 0.25) is 0 Å². The molecule has 1 aliphatic heterocycles. The Morgan fingerprint density at radius 1 is 1.39 bits per heavy atom. The van der Waals surface area contributed by atoms with Crippen molar-refractivity contribution in [3.05, 3.63) is 29.8 Å². The van der Waals surface area contributed by atoms with Crippen LogP contribution in [-0.2, 0) is 9.53 Å². The molecule has 126 valence electrons. The number of amides is 1. The van der Waals surface area contributed by atoms with E-state index in [-0.39, 0.29) is 23.4 Å². The maximum absolute atomic E-state index is 12.6. The maximum Gasteiger partial charge on any atom is 0.263 e. The van der Waals surface area contributed by atoms with Gasteiger partial charge in [-0.25, -0.2) is 0 Å². The molecule has 0 aromatic heterocycles. The Kier molecular flexibility index (Phi) is 5.09. The molecule has 0 radical (unpaired) electrons. The van der Waals surface area contributed by atoms with E-state index in [0.717, 1.165) is 0 Å². The summed E-state index contributed by atoms with van der Waals surface area (Å²) in [7, 11) is 0. The number of carbonyl (C=O) groups is 2. The van der Waals surface area contributed by atoms with E-state index in [1.807, 2.05) is 20.8 Å². The van der Waals surface area contributed by atoms with Gasteiger partial charge in [0.1, 0.15) is 5.75 Å². The van der Waals surface area contributed by atoms with Gasteiger partial charge in [0.25, 0.3) is 5.91 Å². The molecular weight excluding hydrogens is 294 g/mol. The highest BCUT2D eigenvalue weighted by molar-refractivity contribution is 5.94. The zero-order valence-electron chi connectivity index (χ0n) is 14.5. The molecule has 0 unspecified atom stereocenters. The lowest BCUT2D eigenvalue weighted by molar-refractivity contribution is -0.163. The molecule has 0 bridgehead atoms. The number of benzene rings is 1. The van der Waals surface area contributed by atoms with Crippen molar-refractivity contribution in [2.45, 2.75) is 52.4 Å². The van der Waals surface area contributed by atoms with Crippen LogP contribution >= 0.6 is 0 Å². The lowest BCUT2D eigenvalue weighted by Crippen LogP contribution is -2.56. The summed E-state index contributed by atoms with van der Waals surface area (Å²) in [5.74, 6) is 0.429. The third-order valence-corrected chi connectivity index (χ3v) is 3.78. The monoisotopic (exact) mass is 319 g/mol. The van der Waals surface area contributed by atoms with Crippen LogP contribution in [0, 0.1) is 0 Å². The van der Waals surface area contributed by atoms with Gasteiger partial charge in [-0.05, 0) is 46.8 Å². The number of carbonyl (C=O) groups excluding carboxylic acids is 2. The van der Waals surface area contributed by atoms with Crippen LogP contribution in [0.15, 0.2) is 24.3 Å². The van der Waals surface area contributed by atoms with Gasteiger partial charge in [-0.2, -0.15) is 0 Å². The Morgan fingerprint density at radius 3 is 2.70 bits per heavy atom. The van der Waals surface area contributed by atoms with Gasteiger partial charge in [0.15, 0.2) is 11.9 Å². The summed E-state index contributed by atoms with van der Waals surface area (Å²) in [5, 5.41) is 0. The summed E-state index contributed by atoms with van der Waals surface area (Å²) in [5.41, 5.74) is 0.213. The Morgan fingerprint density at radius 2 is 2.09 bits per heavy atom. The molecule has 0 saturated carbocycles. The van der Waals surface area contributed by atoms with Crippen molar-refractivity contribution in [3.8, 4) is 5.75 Å². The van der Waals surface area contributed by atoms with Crippen molar-refractivity contribution < 1.29 is 19.1 Å². The summed E-state index contributed by atoms with van der Waals surface area (Å²) in [6, 6.07) is 6.90. The topological polar surface area (TPSA) is 55.8 Å². The van der Waals surface area contributed by atoms with Gasteiger partial charge >= 0.3 is 0 Å². The predicted molar refractivity (Wildman–Crippen MR) is 87.7 cm³/mol. The number of nitrogens with zero attached hydrogens (tertiary/aromatic N) is 1. The second kappa shape index (κ2) is 6.71. The van der Waals surface area contributed by atoms with E-state index in [1.165, 1.54) is 6.92 Å². The van der Waals surface area contributed by atoms with E-state index in [9.17, 15) is 9.59 Å². The number of ketones is 1. The highest BCUT2D eigenvalue weighted by Gasteiger charge is 2.35. The molecule has 5 heteroatoms. The zero-order chi connectivity index (χ0) is 17.2. The third kappa shape index (κ3) is 4.55. The Bertz CT molecular complexity index is 596. The average Bonchev–Trinajstić information content (AvgIpc) is 2.44. The molecule has 1 fully saturated rings. The number of ether oxygens (including phenoxy) is 2. The van der Waals surface area contributed by atoms with Crippen LogP contribution in [0.5, 0.6) is 5.75 Å². The van der Waals surface area contributed by atoms with E-state index in [1.54, 1.807) is 36.1 Å². The molecule has 1 heterocycles. The zero-order valence-corrected chi connectivity index (χ0v) is 14.5. The predicted octanol–water partition coefficient (Wildman–Crippen LogP) is 2.68. The number of rotatable bonds is 4. The smallest absolute Gasteiger partial charge is 0.263 e. The van der Waals surface area contributed by atoms with Crippen LogP contribution in [0.25, 0.3) is 0 Å². The fourth-order valence-corrected chi connectivity index (χ4v) is 2.92. The number of hydrogen-bond acceptors (Lipinski definition) is 4. The standard InChI is InChI=1S/C18H25NO4/c1-12-10-19(11-18(4,5)23-12)17(21)14(3)22-16-8-6-7-15(9-16)13(2)20/h6-9,12,14H,10-11H2,1-5H3/t12-,14-/m1/s1. The molecule has 5 nitrogen and oxygen atoms in total. The van der Waals surface area contributed by atoms with Gasteiger partial charge in [0, 0.05) is 18.7 Å². The van der Waals surface area contributed by atoms with Gasteiger partial charge in [-0.1, -0.05) is 12.1 Å². The molecule has 0 N–H and O–H groups in total. The van der Waals surface area contributed by atoms with Crippen molar-refractivity contribution in [1.29, 1.82) is 0 Å². The largest absolute Gasteiger partial charge is 0.481 e. The minimum absolute atomic E-state index is 0.00376. The molecule has 23 heavy (non-hydrogen) atoms. The molecule has 2 atom stereocenters. The minimum Gasteiger partial charge on any atom is -0.481 e. The number of hydrogen-bond donors (Lipinski definition) is 0. The van der Waals surface area contributed by atoms with E-state index >= 15 is 0 Å². The van der Waals surface area contributed by atoms with Crippen molar-refractivity contribution in [1.82, 2.24) is 4.90 Å². The summed E-state index contributed by atoms with van der Waals surface area (Å²) < 4.78 is 11.6. The molecule has 1 amide bonds. The highest BCUT2D eigenvalue weighted by atomic mass is 16.5. The van der Waals surface area contributed by atoms with Crippen LogP contribution < -0.4 is 4.74 Å². The Hall–Kier alpha value is -1.88. The van der Waals surface area contributed by atoms with E-state index in [0.29, 0.717) is 24.4 Å². The fraction of sp³-hybridized carbons (Fsp3) is 0.556. The van der Waals surface area contributed by atoms with Crippen molar-refractivity contribution in [3.63, 3.8) is 0 Å². The van der Waals surface area contributed by atoms with Gasteiger partial charge in [-0.15, -0.1) is 0 Å². The Labute approximate surface area is 137 Å². The molecule has 1 aromatic rings. The van der Waals surface area contributed by atoms with E-state index < -0.39 is 6.10 Å². The molecule has 2 rings (SSSR count). The van der Waals surface area contributed by atoms with Crippen LogP contribution in [0.1, 0.15) is 45.0 Å². The number of morpholine rings is 1. The second-order valence-electron chi connectivity index (χ2n) is 6.75. The SMILES string of the molecule is CC(=O)c1cccc(O[C@H](C)C(=O)N2C[C@@H](C)OC(C)(C)C2)c1. The number of Topliss-reactive ketones (excluding diaryl/α,β-unsaturated/α-hetero) is 1. The molecule has 1 saturated heterocycles. The average molecular weight is 319 g/mol. The van der Waals surface area contributed by atoms with E-state index in [4.69, 9.17) is 9.47 Å². The summed E-state index contributed by atoms with van der Waals surface area (Å²) >= 11 is 0. The summed E-state index contributed by atoms with van der Waals surface area (Å²) in [6.45, 7) is 10.3. The normalized spacial score (nSPS) is 21.6. The van der Waals surface area contributed by atoms with Gasteiger partial charge in [0.05, 0.1) is 11.7 Å². The lowest BCUT2D eigenvalue weighted by Gasteiger charge is -2.42. The third-order valence-electron chi connectivity index (χ3n) is 3.78. The maximum atomic E-state index is 12.6. The van der Waals surface area contributed by atoms with Crippen molar-refractivity contribution >= 4 is 11.7 Å². The van der Waals surface area contributed by atoms with Crippen LogP contribution in [0.4, 0.5) is 0 Å². The molecule has 0 spiro atoms. The van der Waals surface area contributed by atoms with Gasteiger partial charge < -0.3 is 14.4 Å². The first kappa shape index (κ1) is 17.5. The summed E-state index contributed by atoms with van der Waals surface area (Å²) in [6.07, 6.45) is -0.616. The van der Waals surface area contributed by atoms with Gasteiger partial charge in [-0.3, -0.25) is 9.59 Å². The molecule has 1 aliphatic rings. The van der Waals surface area contributed by atoms with Crippen molar-refractivity contribution in [2.75, 3.05) is 13.1 Å². The quantitative estimate of drug-likeness (QED) is 0.801. The minimum atomic E-state index is -0.613. The first-order valence-corrected chi connectivity index (χ1v) is 7.92. The highest BCUT2D eigenvalue weighted by Crippen LogP contribution is 2.22. The molecular formula is C18H25NO4. The molecule has 0 aliphatic carbocycles. The van der Waals surface area contributed by atoms with Crippen LogP contribution in [0.3, 0.4) is 0 Å². The summed E-state index contributed by atoms with van der Waals surface area (Å²) in [4.78, 5) is 25.8. The first-order chi connectivity index (χ1) is 10.7. The Balaban J connectivity index is 2.05. The lowest BCUT2D eigenvalue weighted by atomic mass is 10.0.